The molecule has 0 unspecified atom stereocenters. The molecule has 1 heterocycles. The number of hydrogen-bond acceptors (Lipinski definition) is 2. The third-order valence-corrected chi connectivity index (χ3v) is 1.79. The molecule has 0 spiro atoms. The summed E-state index contributed by atoms with van der Waals surface area (Å²) in [6.45, 7) is 4.34. The van der Waals surface area contributed by atoms with Gasteiger partial charge in [-0.1, -0.05) is 19.9 Å². The Morgan fingerprint density at radius 2 is 2.17 bits per heavy atom. The van der Waals surface area contributed by atoms with E-state index in [0.29, 0.717) is 5.92 Å². The molecule has 0 bridgehead atoms. The minimum Gasteiger partial charge on any atom is -0.323 e. The molecule has 0 aliphatic heterocycles. The van der Waals surface area contributed by atoms with Gasteiger partial charge in [0, 0.05) is 12.2 Å². The van der Waals surface area contributed by atoms with Crippen LogP contribution in [0.3, 0.4) is 0 Å². The van der Waals surface area contributed by atoms with Crippen molar-refractivity contribution >= 4 is 0 Å². The van der Waals surface area contributed by atoms with Crippen LogP contribution in [-0.4, -0.2) is 4.98 Å². The highest BCUT2D eigenvalue weighted by molar-refractivity contribution is 5.07. The zero-order chi connectivity index (χ0) is 8.97. The Kier molecular flexibility index (Phi) is 3.23. The fourth-order valence-corrected chi connectivity index (χ4v) is 1.22. The van der Waals surface area contributed by atoms with Gasteiger partial charge in [0.2, 0.25) is 0 Å². The molecule has 2 N–H and O–H groups in total. The second-order valence-electron chi connectivity index (χ2n) is 3.49. The summed E-state index contributed by atoms with van der Waals surface area (Å²) in [5.74, 6) is 0.627. The zero-order valence-electron chi connectivity index (χ0n) is 7.70. The van der Waals surface area contributed by atoms with Gasteiger partial charge >= 0.3 is 0 Å². The van der Waals surface area contributed by atoms with E-state index >= 15 is 0 Å². The highest BCUT2D eigenvalue weighted by Crippen LogP contribution is 2.15. The Balaban J connectivity index is 2.59. The lowest BCUT2D eigenvalue weighted by Gasteiger charge is -2.12. The molecular formula is C10H16N2. The average Bonchev–Trinajstić information content (AvgIpc) is 2.05. The number of rotatable bonds is 3. The third-order valence-electron chi connectivity index (χ3n) is 1.79. The molecule has 0 aliphatic carbocycles. The molecule has 66 valence electrons. The first-order chi connectivity index (χ1) is 5.70. The Morgan fingerprint density at radius 3 is 2.67 bits per heavy atom. The monoisotopic (exact) mass is 164 g/mol. The number of hydrogen-bond donors (Lipinski definition) is 1. The van der Waals surface area contributed by atoms with E-state index in [-0.39, 0.29) is 6.04 Å². The minimum absolute atomic E-state index is 0.0891. The maximum atomic E-state index is 5.93. The van der Waals surface area contributed by atoms with E-state index in [9.17, 15) is 0 Å². The molecule has 12 heavy (non-hydrogen) atoms. The molecule has 1 aromatic heterocycles. The van der Waals surface area contributed by atoms with Crippen molar-refractivity contribution in [3.05, 3.63) is 30.1 Å². The van der Waals surface area contributed by atoms with Crippen molar-refractivity contribution in [1.29, 1.82) is 0 Å². The van der Waals surface area contributed by atoms with Crippen LogP contribution in [0.1, 0.15) is 32.0 Å². The lowest BCUT2D eigenvalue weighted by atomic mass is 10.0. The van der Waals surface area contributed by atoms with Crippen molar-refractivity contribution in [2.24, 2.45) is 11.7 Å². The fraction of sp³-hybridized carbons (Fsp3) is 0.500. The molecule has 2 nitrogen and oxygen atoms in total. The van der Waals surface area contributed by atoms with Gasteiger partial charge < -0.3 is 5.73 Å². The number of pyridine rings is 1. The van der Waals surface area contributed by atoms with E-state index in [1.165, 1.54) is 0 Å². The molecule has 1 rings (SSSR count). The molecule has 0 aliphatic rings. The number of aromatic nitrogens is 1. The first kappa shape index (κ1) is 9.20. The van der Waals surface area contributed by atoms with Gasteiger partial charge in [-0.2, -0.15) is 0 Å². The number of nitrogens with zero attached hydrogens (tertiary/aromatic N) is 1. The first-order valence-corrected chi connectivity index (χ1v) is 4.36. The third kappa shape index (κ3) is 2.62. The Bertz CT molecular complexity index is 219. The molecule has 0 saturated carbocycles. The molecule has 0 aromatic carbocycles. The maximum absolute atomic E-state index is 5.93. The molecule has 0 amide bonds. The van der Waals surface area contributed by atoms with Crippen LogP contribution in [-0.2, 0) is 0 Å². The van der Waals surface area contributed by atoms with E-state index < -0.39 is 0 Å². The standard InChI is InChI=1S/C10H16N2/c1-8(2)7-9(11)10-5-3-4-6-12-10/h3-6,8-9H,7,11H2,1-2H3/t9-/m0/s1. The summed E-state index contributed by atoms with van der Waals surface area (Å²) in [7, 11) is 0. The first-order valence-electron chi connectivity index (χ1n) is 4.36. The normalized spacial score (nSPS) is 13.3. The van der Waals surface area contributed by atoms with Crippen molar-refractivity contribution in [1.82, 2.24) is 4.98 Å². The van der Waals surface area contributed by atoms with Crippen molar-refractivity contribution in [3.63, 3.8) is 0 Å². The molecular weight excluding hydrogens is 148 g/mol. The minimum atomic E-state index is 0.0891. The zero-order valence-corrected chi connectivity index (χ0v) is 7.70. The highest BCUT2D eigenvalue weighted by atomic mass is 14.8. The predicted octanol–water partition coefficient (Wildman–Crippen LogP) is 2.13. The van der Waals surface area contributed by atoms with Crippen LogP contribution in [0.5, 0.6) is 0 Å². The van der Waals surface area contributed by atoms with E-state index in [1.807, 2.05) is 18.2 Å². The summed E-state index contributed by atoms with van der Waals surface area (Å²) in [4.78, 5) is 4.21. The largest absolute Gasteiger partial charge is 0.323 e. The van der Waals surface area contributed by atoms with Crippen LogP contribution in [0, 0.1) is 5.92 Å². The van der Waals surface area contributed by atoms with Crippen LogP contribution in [0.15, 0.2) is 24.4 Å². The highest BCUT2D eigenvalue weighted by Gasteiger charge is 2.07. The second-order valence-corrected chi connectivity index (χ2v) is 3.49. The van der Waals surface area contributed by atoms with E-state index in [1.54, 1.807) is 6.20 Å². The van der Waals surface area contributed by atoms with Crippen LogP contribution < -0.4 is 5.73 Å². The van der Waals surface area contributed by atoms with E-state index in [4.69, 9.17) is 5.73 Å². The molecule has 0 saturated heterocycles. The van der Waals surface area contributed by atoms with E-state index in [0.717, 1.165) is 12.1 Å². The van der Waals surface area contributed by atoms with Gasteiger partial charge in [-0.25, -0.2) is 0 Å². The summed E-state index contributed by atoms with van der Waals surface area (Å²) in [5.41, 5.74) is 6.93. The van der Waals surface area contributed by atoms with Crippen LogP contribution in [0.4, 0.5) is 0 Å². The van der Waals surface area contributed by atoms with Crippen molar-refractivity contribution in [3.8, 4) is 0 Å². The van der Waals surface area contributed by atoms with E-state index in [2.05, 4.69) is 18.8 Å². The second kappa shape index (κ2) is 4.21. The van der Waals surface area contributed by atoms with Gasteiger partial charge in [-0.05, 0) is 24.5 Å². The van der Waals surface area contributed by atoms with Gasteiger partial charge in [-0.15, -0.1) is 0 Å². The molecule has 0 radical (unpaired) electrons. The van der Waals surface area contributed by atoms with Gasteiger partial charge in [-0.3, -0.25) is 4.98 Å². The van der Waals surface area contributed by atoms with Crippen molar-refractivity contribution in [2.75, 3.05) is 0 Å². The Labute approximate surface area is 73.8 Å². The van der Waals surface area contributed by atoms with Gasteiger partial charge in [0.1, 0.15) is 0 Å². The van der Waals surface area contributed by atoms with Crippen molar-refractivity contribution in [2.45, 2.75) is 26.3 Å². The Hall–Kier alpha value is -0.890. The topological polar surface area (TPSA) is 38.9 Å². The van der Waals surface area contributed by atoms with Gasteiger partial charge in [0.25, 0.3) is 0 Å². The molecule has 1 atom stereocenters. The summed E-state index contributed by atoms with van der Waals surface area (Å²) >= 11 is 0. The predicted molar refractivity (Wildman–Crippen MR) is 50.6 cm³/mol. The lowest BCUT2D eigenvalue weighted by Crippen LogP contribution is -2.13. The summed E-state index contributed by atoms with van der Waals surface area (Å²) in [6, 6.07) is 5.95. The van der Waals surface area contributed by atoms with Crippen molar-refractivity contribution < 1.29 is 0 Å². The SMILES string of the molecule is CC(C)C[C@H](N)c1ccccn1. The molecule has 0 fully saturated rings. The maximum Gasteiger partial charge on any atom is 0.0571 e. The Morgan fingerprint density at radius 1 is 1.42 bits per heavy atom. The van der Waals surface area contributed by atoms with Gasteiger partial charge in [0.15, 0.2) is 0 Å². The quantitative estimate of drug-likeness (QED) is 0.743. The summed E-state index contributed by atoms with van der Waals surface area (Å²) in [6.07, 6.45) is 2.78. The van der Waals surface area contributed by atoms with Crippen LogP contribution in [0.25, 0.3) is 0 Å². The smallest absolute Gasteiger partial charge is 0.0571 e. The molecule has 1 aromatic rings. The summed E-state index contributed by atoms with van der Waals surface area (Å²) < 4.78 is 0. The fourth-order valence-electron chi connectivity index (χ4n) is 1.22. The molecule has 2 heteroatoms. The summed E-state index contributed by atoms with van der Waals surface area (Å²) in [5, 5.41) is 0. The van der Waals surface area contributed by atoms with Crippen LogP contribution in [0.2, 0.25) is 0 Å². The van der Waals surface area contributed by atoms with Gasteiger partial charge in [0.05, 0.1) is 5.69 Å². The van der Waals surface area contributed by atoms with Crippen LogP contribution >= 0.6 is 0 Å². The number of nitrogens with two attached hydrogens (primary N) is 1. The average molecular weight is 164 g/mol. The lowest BCUT2D eigenvalue weighted by molar-refractivity contribution is 0.502.